The molecule has 2 fully saturated rings. The standard InChI is InChI=1S/C10H15Cl2NO2.CH4/c11-8(12)9(14)13-6-7-15-10(13)4-2-1-3-5-10;/h8H,1-7H2;1H4. The number of carbonyl (C=O) groups is 1. The number of nitrogens with zero attached hydrogens (tertiary/aromatic N) is 1. The highest BCUT2D eigenvalue weighted by molar-refractivity contribution is 6.53. The lowest BCUT2D eigenvalue weighted by Gasteiger charge is -2.40. The second-order valence-electron chi connectivity index (χ2n) is 4.15. The van der Waals surface area contributed by atoms with Crippen molar-refractivity contribution in [1.29, 1.82) is 0 Å². The molecule has 2 aliphatic rings. The Morgan fingerprint density at radius 2 is 1.88 bits per heavy atom. The summed E-state index contributed by atoms with van der Waals surface area (Å²) >= 11 is 11.3. The Morgan fingerprint density at radius 3 is 2.44 bits per heavy atom. The molecule has 16 heavy (non-hydrogen) atoms. The second-order valence-corrected chi connectivity index (χ2v) is 5.24. The molecule has 1 heterocycles. The summed E-state index contributed by atoms with van der Waals surface area (Å²) in [5.74, 6) is -0.210. The lowest BCUT2D eigenvalue weighted by atomic mass is 9.90. The van der Waals surface area contributed by atoms with Gasteiger partial charge in [-0.05, 0) is 25.7 Å². The minimum Gasteiger partial charge on any atom is -0.354 e. The molecule has 0 N–H and O–H groups in total. The van der Waals surface area contributed by atoms with Crippen LogP contribution in [0.1, 0.15) is 39.5 Å². The third-order valence-electron chi connectivity index (χ3n) is 3.27. The molecule has 1 aliphatic heterocycles. The molecule has 0 unspecified atom stereocenters. The summed E-state index contributed by atoms with van der Waals surface area (Å²) in [5, 5.41) is 0. The minimum atomic E-state index is -0.967. The molecule has 1 spiro atoms. The van der Waals surface area contributed by atoms with Gasteiger partial charge in [0.15, 0.2) is 4.84 Å². The number of alkyl halides is 2. The maximum absolute atomic E-state index is 11.8. The Labute approximate surface area is 107 Å². The number of hydrogen-bond donors (Lipinski definition) is 0. The van der Waals surface area contributed by atoms with Gasteiger partial charge in [-0.15, -0.1) is 0 Å². The number of rotatable bonds is 1. The number of carbonyl (C=O) groups excluding carboxylic acids is 1. The first-order valence-corrected chi connectivity index (χ1v) is 6.27. The predicted octanol–water partition coefficient (Wildman–Crippen LogP) is 2.95. The van der Waals surface area contributed by atoms with Crippen LogP contribution in [-0.2, 0) is 9.53 Å². The molecular formula is C11H19Cl2NO2. The predicted molar refractivity (Wildman–Crippen MR) is 65.7 cm³/mol. The Morgan fingerprint density at radius 1 is 1.25 bits per heavy atom. The van der Waals surface area contributed by atoms with Crippen molar-refractivity contribution < 1.29 is 9.53 Å². The highest BCUT2D eigenvalue weighted by Gasteiger charge is 2.46. The fraction of sp³-hybridized carbons (Fsp3) is 0.909. The Kier molecular flexibility index (Phi) is 4.89. The van der Waals surface area contributed by atoms with Crippen molar-refractivity contribution in [2.45, 2.75) is 50.1 Å². The van der Waals surface area contributed by atoms with Crippen LogP contribution in [0.3, 0.4) is 0 Å². The maximum atomic E-state index is 11.8. The number of halogens is 2. The van der Waals surface area contributed by atoms with Crippen LogP contribution in [0.5, 0.6) is 0 Å². The summed E-state index contributed by atoms with van der Waals surface area (Å²) in [4.78, 5) is 12.6. The van der Waals surface area contributed by atoms with Gasteiger partial charge < -0.3 is 9.64 Å². The third kappa shape index (κ3) is 2.47. The summed E-state index contributed by atoms with van der Waals surface area (Å²) in [6.45, 7) is 1.22. The molecule has 0 aromatic carbocycles. The topological polar surface area (TPSA) is 29.5 Å². The van der Waals surface area contributed by atoms with Gasteiger partial charge in [0.2, 0.25) is 0 Å². The molecule has 0 aromatic rings. The van der Waals surface area contributed by atoms with E-state index in [-0.39, 0.29) is 13.3 Å². The number of ether oxygens (including phenoxy) is 1. The summed E-state index contributed by atoms with van der Waals surface area (Å²) in [7, 11) is 0. The molecule has 0 radical (unpaired) electrons. The second kappa shape index (κ2) is 5.56. The van der Waals surface area contributed by atoms with Crippen molar-refractivity contribution in [2.24, 2.45) is 0 Å². The zero-order valence-corrected chi connectivity index (χ0v) is 10.1. The molecule has 2 rings (SSSR count). The first kappa shape index (κ1) is 14.1. The lowest BCUT2D eigenvalue weighted by molar-refractivity contribution is -0.153. The van der Waals surface area contributed by atoms with Crippen molar-refractivity contribution in [3.63, 3.8) is 0 Å². The molecule has 1 amide bonds. The van der Waals surface area contributed by atoms with Gasteiger partial charge in [-0.1, -0.05) is 37.0 Å². The quantitative estimate of drug-likeness (QED) is 0.684. The van der Waals surface area contributed by atoms with Crippen LogP contribution in [0.4, 0.5) is 0 Å². The first-order chi connectivity index (χ1) is 7.16. The largest absolute Gasteiger partial charge is 0.354 e. The number of hydrogen-bond acceptors (Lipinski definition) is 2. The molecule has 1 saturated carbocycles. The van der Waals surface area contributed by atoms with Crippen LogP contribution in [0.25, 0.3) is 0 Å². The fourth-order valence-corrected chi connectivity index (χ4v) is 2.79. The third-order valence-corrected chi connectivity index (χ3v) is 3.64. The van der Waals surface area contributed by atoms with Crippen LogP contribution in [0.2, 0.25) is 0 Å². The van der Waals surface area contributed by atoms with Crippen molar-refractivity contribution in [3.05, 3.63) is 0 Å². The minimum absolute atomic E-state index is 0. The summed E-state index contributed by atoms with van der Waals surface area (Å²) in [6, 6.07) is 0. The molecule has 94 valence electrons. The van der Waals surface area contributed by atoms with Gasteiger partial charge in [0.05, 0.1) is 6.61 Å². The highest BCUT2D eigenvalue weighted by Crippen LogP contribution is 2.38. The maximum Gasteiger partial charge on any atom is 0.258 e. The zero-order valence-electron chi connectivity index (χ0n) is 8.55. The van der Waals surface area contributed by atoms with Crippen molar-refractivity contribution in [1.82, 2.24) is 4.90 Å². The van der Waals surface area contributed by atoms with Gasteiger partial charge in [0, 0.05) is 6.54 Å². The Hall–Kier alpha value is 0.01000. The van der Waals surface area contributed by atoms with E-state index in [9.17, 15) is 4.79 Å². The monoisotopic (exact) mass is 267 g/mol. The molecule has 5 heteroatoms. The SMILES string of the molecule is C.O=C(C(Cl)Cl)N1CCOC12CCCCC2. The van der Waals surface area contributed by atoms with E-state index in [2.05, 4.69) is 0 Å². The summed E-state index contributed by atoms with van der Waals surface area (Å²) in [5.41, 5.74) is -0.392. The van der Waals surface area contributed by atoms with Crippen LogP contribution < -0.4 is 0 Å². The molecule has 1 aliphatic carbocycles. The molecule has 0 aromatic heterocycles. The van der Waals surface area contributed by atoms with E-state index in [4.69, 9.17) is 27.9 Å². The van der Waals surface area contributed by atoms with E-state index in [0.29, 0.717) is 13.2 Å². The van der Waals surface area contributed by atoms with Crippen LogP contribution >= 0.6 is 23.2 Å². The average Bonchev–Trinajstić information content (AvgIpc) is 2.61. The fourth-order valence-electron chi connectivity index (χ4n) is 2.56. The van der Waals surface area contributed by atoms with E-state index in [0.717, 1.165) is 25.7 Å². The summed E-state index contributed by atoms with van der Waals surface area (Å²) < 4.78 is 5.75. The Bertz CT molecular complexity index is 252. The molecule has 3 nitrogen and oxygen atoms in total. The zero-order chi connectivity index (χ0) is 10.9. The highest BCUT2D eigenvalue weighted by atomic mass is 35.5. The van der Waals surface area contributed by atoms with Crippen molar-refractivity contribution in [2.75, 3.05) is 13.2 Å². The lowest BCUT2D eigenvalue weighted by Crippen LogP contribution is -2.51. The van der Waals surface area contributed by atoms with E-state index in [1.165, 1.54) is 6.42 Å². The first-order valence-electron chi connectivity index (χ1n) is 5.39. The molecule has 0 atom stereocenters. The summed E-state index contributed by atoms with van der Waals surface area (Å²) in [6.07, 6.45) is 5.27. The molecular weight excluding hydrogens is 249 g/mol. The smallest absolute Gasteiger partial charge is 0.258 e. The average molecular weight is 268 g/mol. The van der Waals surface area contributed by atoms with E-state index >= 15 is 0 Å². The van der Waals surface area contributed by atoms with Gasteiger partial charge >= 0.3 is 0 Å². The van der Waals surface area contributed by atoms with E-state index < -0.39 is 10.6 Å². The van der Waals surface area contributed by atoms with Crippen LogP contribution in [0, 0.1) is 0 Å². The van der Waals surface area contributed by atoms with Gasteiger partial charge in [-0.2, -0.15) is 0 Å². The van der Waals surface area contributed by atoms with Gasteiger partial charge in [0.25, 0.3) is 5.91 Å². The van der Waals surface area contributed by atoms with Crippen molar-refractivity contribution >= 4 is 29.1 Å². The van der Waals surface area contributed by atoms with Gasteiger partial charge in [-0.3, -0.25) is 4.79 Å². The normalized spacial score (nSPS) is 23.6. The molecule has 1 saturated heterocycles. The van der Waals surface area contributed by atoms with Crippen LogP contribution in [-0.4, -0.2) is 34.5 Å². The van der Waals surface area contributed by atoms with Gasteiger partial charge in [0.1, 0.15) is 5.72 Å². The van der Waals surface area contributed by atoms with Crippen LogP contribution in [0.15, 0.2) is 0 Å². The van der Waals surface area contributed by atoms with Crippen molar-refractivity contribution in [3.8, 4) is 0 Å². The van der Waals surface area contributed by atoms with E-state index in [1.54, 1.807) is 4.90 Å². The van der Waals surface area contributed by atoms with E-state index in [1.807, 2.05) is 0 Å². The molecule has 0 bridgehead atoms. The Balaban J connectivity index is 0.00000128. The van der Waals surface area contributed by atoms with Gasteiger partial charge in [-0.25, -0.2) is 0 Å². The number of amides is 1.